The Kier molecular flexibility index (Phi) is 7.87. The van der Waals surface area contributed by atoms with E-state index in [1.807, 2.05) is 0 Å². The number of ether oxygens (including phenoxy) is 1. The highest BCUT2D eigenvalue weighted by Crippen LogP contribution is 2.34. The molecule has 0 amide bonds. The van der Waals surface area contributed by atoms with Gasteiger partial charge in [-0.2, -0.15) is 0 Å². The fourth-order valence-electron chi connectivity index (χ4n) is 2.50. The average molecular weight is 257 g/mol. The third-order valence-electron chi connectivity index (χ3n) is 4.15. The summed E-state index contributed by atoms with van der Waals surface area (Å²) >= 11 is 0. The van der Waals surface area contributed by atoms with Crippen LogP contribution in [-0.4, -0.2) is 36.5 Å². The van der Waals surface area contributed by atoms with Crippen molar-refractivity contribution in [3.8, 4) is 0 Å². The Labute approximate surface area is 112 Å². The smallest absolute Gasteiger partial charge is 0.0897 e. The Bertz CT molecular complexity index is 199. The van der Waals surface area contributed by atoms with Crippen molar-refractivity contribution in [2.24, 2.45) is 0 Å². The molecule has 1 fully saturated rings. The molecule has 0 radical (unpaired) electrons. The molecule has 1 rings (SSSR count). The molecule has 0 spiro atoms. The number of hydrogen-bond donors (Lipinski definition) is 2. The maximum atomic E-state index is 9.84. The van der Waals surface area contributed by atoms with E-state index in [1.54, 1.807) is 0 Å². The van der Waals surface area contributed by atoms with Gasteiger partial charge in [-0.05, 0) is 32.1 Å². The van der Waals surface area contributed by atoms with Crippen LogP contribution in [0.15, 0.2) is 0 Å². The highest BCUT2D eigenvalue weighted by atomic mass is 16.5. The molecule has 108 valence electrons. The normalized spacial score (nSPS) is 19.5. The summed E-state index contributed by atoms with van der Waals surface area (Å²) in [5.41, 5.74) is 0.322. The predicted octanol–water partition coefficient (Wildman–Crippen LogP) is 2.87. The van der Waals surface area contributed by atoms with E-state index >= 15 is 0 Å². The number of unbranched alkanes of at least 4 members (excludes halogenated alkanes) is 3. The summed E-state index contributed by atoms with van der Waals surface area (Å²) in [6, 6.07) is 0. The van der Waals surface area contributed by atoms with E-state index in [2.05, 4.69) is 19.2 Å². The van der Waals surface area contributed by atoms with Crippen LogP contribution in [0.4, 0.5) is 0 Å². The van der Waals surface area contributed by atoms with Crippen molar-refractivity contribution in [1.82, 2.24) is 5.32 Å². The number of aliphatic hydroxyl groups excluding tert-OH is 1. The molecule has 0 heterocycles. The molecule has 18 heavy (non-hydrogen) atoms. The van der Waals surface area contributed by atoms with E-state index in [0.717, 1.165) is 19.4 Å². The summed E-state index contributed by atoms with van der Waals surface area (Å²) < 4.78 is 5.50. The van der Waals surface area contributed by atoms with E-state index in [-0.39, 0.29) is 6.10 Å². The molecule has 3 heteroatoms. The lowest BCUT2D eigenvalue weighted by molar-refractivity contribution is 0.0260. The molecule has 2 N–H and O–H groups in total. The van der Waals surface area contributed by atoms with E-state index in [1.165, 1.54) is 38.5 Å². The van der Waals surface area contributed by atoms with E-state index < -0.39 is 0 Å². The summed E-state index contributed by atoms with van der Waals surface area (Å²) in [7, 11) is 0. The van der Waals surface area contributed by atoms with Crippen molar-refractivity contribution >= 4 is 0 Å². The second kappa shape index (κ2) is 8.89. The van der Waals surface area contributed by atoms with Crippen molar-refractivity contribution in [3.05, 3.63) is 0 Å². The lowest BCUT2D eigenvalue weighted by Crippen LogP contribution is -2.53. The number of nitrogens with one attached hydrogen (secondary N) is 1. The SMILES string of the molecule is CCCCCCOCC(O)CNC1(CC)CCC1. The zero-order chi connectivity index (χ0) is 13.3. The van der Waals surface area contributed by atoms with Gasteiger partial charge in [0.2, 0.25) is 0 Å². The minimum absolute atomic E-state index is 0.322. The van der Waals surface area contributed by atoms with Crippen molar-refractivity contribution < 1.29 is 9.84 Å². The zero-order valence-corrected chi connectivity index (χ0v) is 12.2. The van der Waals surface area contributed by atoms with Crippen molar-refractivity contribution in [1.29, 1.82) is 0 Å². The third kappa shape index (κ3) is 5.68. The van der Waals surface area contributed by atoms with Crippen LogP contribution in [0.25, 0.3) is 0 Å². The number of rotatable bonds is 11. The summed E-state index contributed by atoms with van der Waals surface area (Å²) in [6.45, 7) is 6.36. The highest BCUT2D eigenvalue weighted by Gasteiger charge is 2.34. The molecule has 1 saturated carbocycles. The lowest BCUT2D eigenvalue weighted by Gasteiger charge is -2.42. The number of β-amino-alcohol motifs (C(OH)–C–C–N with tert-alkyl or cyclic N) is 1. The predicted molar refractivity (Wildman–Crippen MR) is 75.8 cm³/mol. The van der Waals surface area contributed by atoms with Crippen LogP contribution in [0.1, 0.15) is 65.2 Å². The van der Waals surface area contributed by atoms with Gasteiger partial charge < -0.3 is 15.2 Å². The van der Waals surface area contributed by atoms with Crippen LogP contribution in [0, 0.1) is 0 Å². The Balaban J connectivity index is 1.95. The van der Waals surface area contributed by atoms with Gasteiger partial charge >= 0.3 is 0 Å². The van der Waals surface area contributed by atoms with Crippen LogP contribution in [0.5, 0.6) is 0 Å². The quantitative estimate of drug-likeness (QED) is 0.559. The average Bonchev–Trinajstić information content (AvgIpc) is 2.33. The molecule has 0 saturated heterocycles. The van der Waals surface area contributed by atoms with Crippen molar-refractivity contribution in [3.63, 3.8) is 0 Å². The number of hydrogen-bond acceptors (Lipinski definition) is 3. The first kappa shape index (κ1) is 15.9. The van der Waals surface area contributed by atoms with E-state index in [4.69, 9.17) is 4.74 Å². The highest BCUT2D eigenvalue weighted by molar-refractivity contribution is 4.94. The van der Waals surface area contributed by atoms with Gasteiger partial charge in [0, 0.05) is 18.7 Å². The van der Waals surface area contributed by atoms with Crippen molar-refractivity contribution in [2.75, 3.05) is 19.8 Å². The maximum absolute atomic E-state index is 9.84. The molecule has 3 nitrogen and oxygen atoms in total. The van der Waals surface area contributed by atoms with Gasteiger partial charge in [0.1, 0.15) is 0 Å². The zero-order valence-electron chi connectivity index (χ0n) is 12.2. The standard InChI is InChI=1S/C15H31NO2/c1-3-5-6-7-11-18-13-14(17)12-16-15(4-2)9-8-10-15/h14,16-17H,3-13H2,1-2H3. The minimum atomic E-state index is -0.361. The molecule has 1 aliphatic carbocycles. The van der Waals surface area contributed by atoms with Crippen LogP contribution in [0.2, 0.25) is 0 Å². The summed E-state index contributed by atoms with van der Waals surface area (Å²) in [5.74, 6) is 0. The molecular weight excluding hydrogens is 226 g/mol. The molecule has 0 bridgehead atoms. The summed E-state index contributed by atoms with van der Waals surface area (Å²) in [5, 5.41) is 13.4. The van der Waals surface area contributed by atoms with Crippen LogP contribution in [0.3, 0.4) is 0 Å². The van der Waals surface area contributed by atoms with Crippen LogP contribution < -0.4 is 5.32 Å². The van der Waals surface area contributed by atoms with Crippen LogP contribution in [-0.2, 0) is 4.74 Å². The Hall–Kier alpha value is -0.120. The molecule has 0 aromatic carbocycles. The Morgan fingerprint density at radius 3 is 2.56 bits per heavy atom. The third-order valence-corrected chi connectivity index (χ3v) is 4.15. The lowest BCUT2D eigenvalue weighted by atomic mass is 9.75. The molecule has 1 atom stereocenters. The van der Waals surface area contributed by atoms with Gasteiger partial charge in [-0.3, -0.25) is 0 Å². The fraction of sp³-hybridized carbons (Fsp3) is 1.00. The van der Waals surface area contributed by atoms with Gasteiger partial charge in [0.25, 0.3) is 0 Å². The first-order valence-corrected chi connectivity index (χ1v) is 7.73. The topological polar surface area (TPSA) is 41.5 Å². The van der Waals surface area contributed by atoms with E-state index in [9.17, 15) is 5.11 Å². The summed E-state index contributed by atoms with van der Waals surface area (Å²) in [6.07, 6.45) is 9.54. The Morgan fingerprint density at radius 2 is 2.00 bits per heavy atom. The monoisotopic (exact) mass is 257 g/mol. The minimum Gasteiger partial charge on any atom is -0.389 e. The largest absolute Gasteiger partial charge is 0.389 e. The second-order valence-corrected chi connectivity index (χ2v) is 5.66. The molecule has 1 unspecified atom stereocenters. The first-order valence-electron chi connectivity index (χ1n) is 7.73. The summed E-state index contributed by atoms with van der Waals surface area (Å²) in [4.78, 5) is 0. The fourth-order valence-corrected chi connectivity index (χ4v) is 2.50. The molecule has 0 aromatic heterocycles. The second-order valence-electron chi connectivity index (χ2n) is 5.66. The Morgan fingerprint density at radius 1 is 1.22 bits per heavy atom. The molecular formula is C15H31NO2. The van der Waals surface area contributed by atoms with Gasteiger partial charge in [-0.15, -0.1) is 0 Å². The molecule has 0 aliphatic heterocycles. The first-order chi connectivity index (χ1) is 8.72. The molecule has 0 aromatic rings. The van der Waals surface area contributed by atoms with Gasteiger partial charge in [-0.1, -0.05) is 33.1 Å². The van der Waals surface area contributed by atoms with Gasteiger partial charge in [-0.25, -0.2) is 0 Å². The van der Waals surface area contributed by atoms with Gasteiger partial charge in [0.15, 0.2) is 0 Å². The molecule has 1 aliphatic rings. The van der Waals surface area contributed by atoms with Crippen molar-refractivity contribution in [2.45, 2.75) is 76.9 Å². The number of aliphatic hydroxyl groups is 1. The van der Waals surface area contributed by atoms with Gasteiger partial charge in [0.05, 0.1) is 12.7 Å². The maximum Gasteiger partial charge on any atom is 0.0897 e. The van der Waals surface area contributed by atoms with E-state index in [0.29, 0.717) is 18.7 Å². The van der Waals surface area contributed by atoms with Crippen LogP contribution >= 0.6 is 0 Å².